The molecule has 32 heavy (non-hydrogen) atoms. The molecule has 1 unspecified atom stereocenters. The maximum Gasteiger partial charge on any atom is 0.313 e. The first-order chi connectivity index (χ1) is 15.2. The van der Waals surface area contributed by atoms with Crippen molar-refractivity contribution in [3.05, 3.63) is 78.5 Å². The molecule has 6 nitrogen and oxygen atoms in total. The third kappa shape index (κ3) is 8.94. The van der Waals surface area contributed by atoms with Gasteiger partial charge >= 0.3 is 5.97 Å². The number of aliphatic carboxylic acids is 1. The van der Waals surface area contributed by atoms with Gasteiger partial charge in [-0.15, -0.1) is 0 Å². The summed E-state index contributed by atoms with van der Waals surface area (Å²) in [6.07, 6.45) is 8.23. The van der Waals surface area contributed by atoms with Crippen LogP contribution in [0.15, 0.2) is 67.4 Å². The normalized spacial score (nSPS) is 12.0. The van der Waals surface area contributed by atoms with Gasteiger partial charge in [0, 0.05) is 19.3 Å². The molecule has 6 heteroatoms. The zero-order chi connectivity index (χ0) is 24.0. The van der Waals surface area contributed by atoms with E-state index in [1.54, 1.807) is 26.1 Å². The Kier molecular flexibility index (Phi) is 11.8. The third-order valence-corrected chi connectivity index (χ3v) is 5.20. The highest BCUT2D eigenvalue weighted by Crippen LogP contribution is 2.25. The lowest BCUT2D eigenvalue weighted by molar-refractivity contribution is -0.142. The van der Waals surface area contributed by atoms with Crippen LogP contribution in [0.2, 0.25) is 0 Å². The van der Waals surface area contributed by atoms with Crippen molar-refractivity contribution in [1.82, 2.24) is 10.3 Å². The summed E-state index contributed by atoms with van der Waals surface area (Å²) in [5.74, 6) is 0.0640. The van der Waals surface area contributed by atoms with Crippen molar-refractivity contribution in [1.29, 1.82) is 0 Å². The van der Waals surface area contributed by atoms with Crippen LogP contribution in [-0.4, -0.2) is 35.7 Å². The highest BCUT2D eigenvalue weighted by Gasteiger charge is 2.29. The molecule has 2 rings (SSSR count). The average molecular weight is 439 g/mol. The van der Waals surface area contributed by atoms with Gasteiger partial charge in [-0.25, -0.2) is 4.98 Å². The number of hydrogen-bond acceptors (Lipinski definition) is 5. The lowest BCUT2D eigenvalue weighted by Crippen LogP contribution is -2.28. The predicted molar refractivity (Wildman–Crippen MR) is 135 cm³/mol. The number of hydrogen-bond donors (Lipinski definition) is 4. The maximum atomic E-state index is 11.4. The molecule has 0 aliphatic carbocycles. The zero-order valence-electron chi connectivity index (χ0n) is 19.8. The second-order valence-corrected chi connectivity index (χ2v) is 8.14. The molecule has 0 amide bonds. The summed E-state index contributed by atoms with van der Waals surface area (Å²) in [6.45, 7) is 13.6. The van der Waals surface area contributed by atoms with Gasteiger partial charge in [-0.1, -0.05) is 56.0 Å². The van der Waals surface area contributed by atoms with Gasteiger partial charge in [-0.3, -0.25) is 4.79 Å². The number of nitrogen functional groups attached to an aromatic ring is 1. The van der Waals surface area contributed by atoms with E-state index >= 15 is 0 Å². The maximum absolute atomic E-state index is 11.4. The number of anilines is 2. The Morgan fingerprint density at radius 3 is 2.47 bits per heavy atom. The molecule has 1 atom stereocenters. The van der Waals surface area contributed by atoms with Crippen LogP contribution in [0.5, 0.6) is 0 Å². The molecule has 0 radical (unpaired) electrons. The SMILES string of the molecule is C=C/C=C\C.CC(CNCCCNc1cccnc1N)c1ccc(C(C)(C)C(=O)O)cc1. The number of aromatic nitrogens is 1. The molecule has 0 aliphatic heterocycles. The van der Waals surface area contributed by atoms with Gasteiger partial charge in [0.05, 0.1) is 11.1 Å². The van der Waals surface area contributed by atoms with E-state index in [1.165, 1.54) is 5.56 Å². The van der Waals surface area contributed by atoms with Crippen LogP contribution < -0.4 is 16.4 Å². The van der Waals surface area contributed by atoms with Gasteiger partial charge in [-0.05, 0) is 62.9 Å². The molecule has 1 aromatic carbocycles. The Morgan fingerprint density at radius 2 is 1.94 bits per heavy atom. The molecule has 174 valence electrons. The predicted octanol–water partition coefficient (Wildman–Crippen LogP) is 4.97. The van der Waals surface area contributed by atoms with Crippen molar-refractivity contribution in [2.45, 2.75) is 45.4 Å². The molecule has 0 saturated heterocycles. The number of nitrogens with two attached hydrogens (primary N) is 1. The van der Waals surface area contributed by atoms with Crippen LogP contribution in [0, 0.1) is 0 Å². The van der Waals surface area contributed by atoms with E-state index in [0.29, 0.717) is 11.7 Å². The van der Waals surface area contributed by atoms with Crippen LogP contribution in [0.1, 0.15) is 51.2 Å². The molecular weight excluding hydrogens is 400 g/mol. The molecule has 0 spiro atoms. The lowest BCUT2D eigenvalue weighted by Gasteiger charge is -2.21. The Hall–Kier alpha value is -3.12. The number of nitrogens with one attached hydrogen (secondary N) is 2. The number of pyridine rings is 1. The summed E-state index contributed by atoms with van der Waals surface area (Å²) in [5, 5.41) is 16.1. The first kappa shape index (κ1) is 26.9. The van der Waals surface area contributed by atoms with E-state index in [2.05, 4.69) is 29.1 Å². The van der Waals surface area contributed by atoms with Crippen molar-refractivity contribution in [3.8, 4) is 0 Å². The quantitative estimate of drug-likeness (QED) is 0.292. The highest BCUT2D eigenvalue weighted by molar-refractivity contribution is 5.80. The van der Waals surface area contributed by atoms with Crippen LogP contribution in [0.4, 0.5) is 11.5 Å². The van der Waals surface area contributed by atoms with Crippen molar-refractivity contribution in [3.63, 3.8) is 0 Å². The summed E-state index contributed by atoms with van der Waals surface area (Å²) < 4.78 is 0. The molecular formula is C26H38N4O2. The summed E-state index contributed by atoms with van der Waals surface area (Å²) in [5.41, 5.74) is 7.82. The Balaban J connectivity index is 0.000000920. The molecule has 1 heterocycles. The minimum absolute atomic E-state index is 0.355. The Labute approximate surface area is 192 Å². The van der Waals surface area contributed by atoms with E-state index in [9.17, 15) is 9.90 Å². The van der Waals surface area contributed by atoms with Crippen LogP contribution in [0.25, 0.3) is 0 Å². The molecule has 0 bridgehead atoms. The minimum Gasteiger partial charge on any atom is -0.481 e. The number of nitrogens with zero attached hydrogens (tertiary/aromatic N) is 1. The van der Waals surface area contributed by atoms with E-state index in [4.69, 9.17) is 5.73 Å². The van der Waals surface area contributed by atoms with Crippen LogP contribution in [-0.2, 0) is 10.2 Å². The first-order valence-corrected chi connectivity index (χ1v) is 11.0. The summed E-state index contributed by atoms with van der Waals surface area (Å²) in [6, 6.07) is 11.7. The fourth-order valence-corrected chi connectivity index (χ4v) is 2.93. The second-order valence-electron chi connectivity index (χ2n) is 8.14. The molecule has 0 fully saturated rings. The fraction of sp³-hybridized carbons (Fsp3) is 0.385. The van der Waals surface area contributed by atoms with Gasteiger partial charge in [0.25, 0.3) is 0 Å². The minimum atomic E-state index is -0.870. The van der Waals surface area contributed by atoms with Gasteiger partial charge < -0.3 is 21.5 Å². The van der Waals surface area contributed by atoms with Crippen molar-refractivity contribution >= 4 is 17.5 Å². The summed E-state index contributed by atoms with van der Waals surface area (Å²) >= 11 is 0. The standard InChI is InChI=1S/C21H30N4O2.C5H8/c1-15(16-7-9-17(10-8-16)21(2,3)20(26)27)14-23-11-5-13-24-18-6-4-12-25-19(18)22;1-3-5-4-2/h4,6-10,12,15,23-24H,5,11,13-14H2,1-3H3,(H2,22,25)(H,26,27);3-5H,1H2,2H3/b;5-4-. The summed E-state index contributed by atoms with van der Waals surface area (Å²) in [4.78, 5) is 15.4. The smallest absolute Gasteiger partial charge is 0.313 e. The van der Waals surface area contributed by atoms with E-state index in [1.807, 2.05) is 55.5 Å². The van der Waals surface area contributed by atoms with Gasteiger partial charge in [0.1, 0.15) is 5.82 Å². The number of carbonyl (C=O) groups is 1. The van der Waals surface area contributed by atoms with E-state index < -0.39 is 11.4 Å². The lowest BCUT2D eigenvalue weighted by atomic mass is 9.84. The number of carboxylic acids is 1. The molecule has 1 aromatic heterocycles. The zero-order valence-corrected chi connectivity index (χ0v) is 19.8. The Morgan fingerprint density at radius 1 is 1.25 bits per heavy atom. The third-order valence-electron chi connectivity index (χ3n) is 5.20. The Bertz CT molecular complexity index is 860. The summed E-state index contributed by atoms with van der Waals surface area (Å²) in [7, 11) is 0. The first-order valence-electron chi connectivity index (χ1n) is 11.0. The van der Waals surface area contributed by atoms with Crippen molar-refractivity contribution in [2.75, 3.05) is 30.7 Å². The number of carboxylic acid groups (broad SMARTS) is 1. The monoisotopic (exact) mass is 438 g/mol. The molecule has 2 aromatic rings. The molecule has 0 aliphatic rings. The average Bonchev–Trinajstić information content (AvgIpc) is 2.78. The van der Waals surface area contributed by atoms with Gasteiger partial charge in [-0.2, -0.15) is 0 Å². The van der Waals surface area contributed by atoms with Crippen molar-refractivity contribution in [2.24, 2.45) is 0 Å². The molecule has 0 saturated carbocycles. The van der Waals surface area contributed by atoms with Crippen LogP contribution >= 0.6 is 0 Å². The fourth-order valence-electron chi connectivity index (χ4n) is 2.93. The van der Waals surface area contributed by atoms with E-state index in [-0.39, 0.29) is 0 Å². The van der Waals surface area contributed by atoms with Gasteiger partial charge in [0.15, 0.2) is 0 Å². The van der Waals surface area contributed by atoms with E-state index in [0.717, 1.165) is 37.3 Å². The van der Waals surface area contributed by atoms with Crippen molar-refractivity contribution < 1.29 is 9.90 Å². The number of benzene rings is 1. The van der Waals surface area contributed by atoms with Crippen LogP contribution in [0.3, 0.4) is 0 Å². The van der Waals surface area contributed by atoms with Gasteiger partial charge in [0.2, 0.25) is 0 Å². The number of rotatable bonds is 11. The largest absolute Gasteiger partial charge is 0.481 e. The second kappa shape index (κ2) is 14.0. The molecule has 5 N–H and O–H groups in total. The highest BCUT2D eigenvalue weighted by atomic mass is 16.4. The topological polar surface area (TPSA) is 100 Å². The number of allylic oxidation sites excluding steroid dienone is 3.